The highest BCUT2D eigenvalue weighted by Crippen LogP contribution is 2.47. The van der Waals surface area contributed by atoms with Gasteiger partial charge in [0.25, 0.3) is 5.91 Å². The first-order valence-corrected chi connectivity index (χ1v) is 10.2. The van der Waals surface area contributed by atoms with E-state index < -0.39 is 5.60 Å². The lowest BCUT2D eigenvalue weighted by Crippen LogP contribution is -2.50. The highest BCUT2D eigenvalue weighted by Gasteiger charge is 2.58. The lowest BCUT2D eigenvalue weighted by molar-refractivity contribution is -0.140. The van der Waals surface area contributed by atoms with Gasteiger partial charge in [0.2, 0.25) is 0 Å². The predicted molar refractivity (Wildman–Crippen MR) is 106 cm³/mol. The maximum Gasteiger partial charge on any atom is 0.257 e. The van der Waals surface area contributed by atoms with Gasteiger partial charge < -0.3 is 14.5 Å². The highest BCUT2D eigenvalue weighted by molar-refractivity contribution is 6.30. The standard InChI is InChI=1S/C21H23ClN4O2/c1-14-18(22)23-13-24-19(14)25-11-9-21(10-12-25)20(27)26-16(7-8-17(26)28-21)15-5-3-2-4-6-15/h2-6,13,16-17H,7-12H2,1H3. The Morgan fingerprint density at radius 2 is 1.89 bits per heavy atom. The number of anilines is 1. The average molecular weight is 399 g/mol. The number of carbonyl (C=O) groups is 1. The van der Waals surface area contributed by atoms with Crippen LogP contribution in [0, 0.1) is 6.92 Å². The Kier molecular flexibility index (Phi) is 4.29. The molecule has 0 saturated carbocycles. The Morgan fingerprint density at radius 1 is 1.14 bits per heavy atom. The third kappa shape index (κ3) is 2.70. The molecule has 4 heterocycles. The number of hydrogen-bond donors (Lipinski definition) is 0. The van der Waals surface area contributed by atoms with Crippen LogP contribution in [0.3, 0.4) is 0 Å². The minimum absolute atomic E-state index is 0.0977. The molecule has 0 aliphatic carbocycles. The molecule has 1 amide bonds. The Bertz CT molecular complexity index is 899. The van der Waals surface area contributed by atoms with E-state index in [9.17, 15) is 4.79 Å². The molecule has 7 heteroatoms. The van der Waals surface area contributed by atoms with Crippen LogP contribution in [0.15, 0.2) is 36.7 Å². The Balaban J connectivity index is 1.34. The number of benzene rings is 1. The lowest BCUT2D eigenvalue weighted by atomic mass is 9.89. The summed E-state index contributed by atoms with van der Waals surface area (Å²) in [5, 5.41) is 0.477. The second kappa shape index (κ2) is 6.71. The van der Waals surface area contributed by atoms with Gasteiger partial charge >= 0.3 is 0 Å². The molecule has 3 fully saturated rings. The minimum Gasteiger partial charge on any atom is -0.356 e. The monoisotopic (exact) mass is 398 g/mol. The summed E-state index contributed by atoms with van der Waals surface area (Å²) in [6, 6.07) is 10.4. The molecule has 5 rings (SSSR count). The molecule has 2 unspecified atom stereocenters. The molecule has 3 aliphatic heterocycles. The number of fused-ring (bicyclic) bond motifs is 1. The van der Waals surface area contributed by atoms with Crippen molar-refractivity contribution in [3.63, 3.8) is 0 Å². The van der Waals surface area contributed by atoms with Crippen molar-refractivity contribution in [2.75, 3.05) is 18.0 Å². The first-order chi connectivity index (χ1) is 13.6. The van der Waals surface area contributed by atoms with E-state index in [2.05, 4.69) is 27.0 Å². The molecule has 1 aromatic heterocycles. The quantitative estimate of drug-likeness (QED) is 0.724. The van der Waals surface area contributed by atoms with Crippen LogP contribution in [0.25, 0.3) is 0 Å². The zero-order valence-corrected chi connectivity index (χ0v) is 16.6. The van der Waals surface area contributed by atoms with Gasteiger partial charge in [0.15, 0.2) is 5.60 Å². The van der Waals surface area contributed by atoms with Gasteiger partial charge in [-0.15, -0.1) is 0 Å². The van der Waals surface area contributed by atoms with Crippen LogP contribution in [0.5, 0.6) is 0 Å². The summed E-state index contributed by atoms with van der Waals surface area (Å²) in [5.41, 5.74) is 1.38. The van der Waals surface area contributed by atoms with Crippen molar-refractivity contribution in [1.29, 1.82) is 0 Å². The summed E-state index contributed by atoms with van der Waals surface area (Å²) in [5.74, 6) is 1.00. The predicted octanol–water partition coefficient (Wildman–Crippen LogP) is 3.50. The maximum atomic E-state index is 13.4. The van der Waals surface area contributed by atoms with Gasteiger partial charge in [-0.25, -0.2) is 9.97 Å². The van der Waals surface area contributed by atoms with Crippen molar-refractivity contribution >= 4 is 23.3 Å². The molecule has 2 atom stereocenters. The first-order valence-electron chi connectivity index (χ1n) is 9.87. The molecular weight excluding hydrogens is 376 g/mol. The number of piperidine rings is 1. The maximum absolute atomic E-state index is 13.4. The summed E-state index contributed by atoms with van der Waals surface area (Å²) in [4.78, 5) is 26.1. The molecular formula is C21H23ClN4O2. The zero-order valence-electron chi connectivity index (χ0n) is 15.8. The van der Waals surface area contributed by atoms with Crippen molar-refractivity contribution in [2.24, 2.45) is 0 Å². The number of nitrogens with zero attached hydrogens (tertiary/aromatic N) is 4. The summed E-state index contributed by atoms with van der Waals surface area (Å²) in [6.45, 7) is 3.37. The topological polar surface area (TPSA) is 58.6 Å². The zero-order chi connectivity index (χ0) is 19.3. The van der Waals surface area contributed by atoms with Gasteiger partial charge in [-0.2, -0.15) is 0 Å². The normalized spacial score (nSPS) is 26.1. The molecule has 1 spiro atoms. The number of hydrogen-bond acceptors (Lipinski definition) is 5. The number of ether oxygens (including phenoxy) is 1. The van der Waals surface area contributed by atoms with Gasteiger partial charge in [0, 0.05) is 31.5 Å². The van der Waals surface area contributed by atoms with Crippen molar-refractivity contribution in [3.8, 4) is 0 Å². The van der Waals surface area contributed by atoms with E-state index in [-0.39, 0.29) is 18.2 Å². The van der Waals surface area contributed by atoms with Crippen LogP contribution in [-0.2, 0) is 9.53 Å². The van der Waals surface area contributed by atoms with E-state index in [4.69, 9.17) is 16.3 Å². The Hall–Kier alpha value is -2.18. The molecule has 28 heavy (non-hydrogen) atoms. The summed E-state index contributed by atoms with van der Waals surface area (Å²) >= 11 is 6.15. The van der Waals surface area contributed by atoms with E-state index in [0.717, 1.165) is 37.3 Å². The molecule has 6 nitrogen and oxygen atoms in total. The fourth-order valence-corrected chi connectivity index (χ4v) is 4.99. The highest BCUT2D eigenvalue weighted by atomic mass is 35.5. The van der Waals surface area contributed by atoms with Crippen LogP contribution in [0.1, 0.15) is 42.9 Å². The van der Waals surface area contributed by atoms with Crippen molar-refractivity contribution < 1.29 is 9.53 Å². The van der Waals surface area contributed by atoms with Gasteiger partial charge in [-0.1, -0.05) is 41.9 Å². The van der Waals surface area contributed by atoms with Crippen molar-refractivity contribution in [3.05, 3.63) is 52.9 Å². The van der Waals surface area contributed by atoms with Gasteiger partial charge in [0.1, 0.15) is 23.5 Å². The largest absolute Gasteiger partial charge is 0.356 e. The van der Waals surface area contributed by atoms with Crippen molar-refractivity contribution in [1.82, 2.24) is 14.9 Å². The average Bonchev–Trinajstić information content (AvgIpc) is 3.24. The first kappa shape index (κ1) is 17.9. The van der Waals surface area contributed by atoms with E-state index in [1.807, 2.05) is 30.0 Å². The van der Waals surface area contributed by atoms with E-state index in [0.29, 0.717) is 18.0 Å². The summed E-state index contributed by atoms with van der Waals surface area (Å²) in [7, 11) is 0. The molecule has 2 aromatic rings. The fraction of sp³-hybridized carbons (Fsp3) is 0.476. The molecule has 0 radical (unpaired) electrons. The molecule has 3 saturated heterocycles. The van der Waals surface area contributed by atoms with Crippen LogP contribution in [0.4, 0.5) is 5.82 Å². The molecule has 146 valence electrons. The Labute approximate surface area is 169 Å². The van der Waals surface area contributed by atoms with Gasteiger partial charge in [-0.3, -0.25) is 4.79 Å². The second-order valence-electron chi connectivity index (χ2n) is 7.88. The van der Waals surface area contributed by atoms with Crippen LogP contribution < -0.4 is 4.90 Å². The van der Waals surface area contributed by atoms with E-state index in [1.54, 1.807) is 0 Å². The Morgan fingerprint density at radius 3 is 2.64 bits per heavy atom. The molecule has 3 aliphatic rings. The number of carbonyl (C=O) groups excluding carboxylic acids is 1. The minimum atomic E-state index is -0.695. The number of aromatic nitrogens is 2. The van der Waals surface area contributed by atoms with Gasteiger partial charge in [0.05, 0.1) is 6.04 Å². The van der Waals surface area contributed by atoms with Crippen molar-refractivity contribution in [2.45, 2.75) is 50.5 Å². The number of amides is 1. The van der Waals surface area contributed by atoms with Gasteiger partial charge in [-0.05, 0) is 25.3 Å². The third-order valence-electron chi connectivity index (χ3n) is 6.37. The summed E-state index contributed by atoms with van der Waals surface area (Å²) in [6.07, 6.45) is 4.59. The van der Waals surface area contributed by atoms with Crippen LogP contribution >= 0.6 is 11.6 Å². The van der Waals surface area contributed by atoms with Crippen LogP contribution in [0.2, 0.25) is 5.15 Å². The lowest BCUT2D eigenvalue weighted by Gasteiger charge is -2.38. The summed E-state index contributed by atoms with van der Waals surface area (Å²) < 4.78 is 6.41. The molecule has 0 N–H and O–H groups in total. The second-order valence-corrected chi connectivity index (χ2v) is 8.24. The fourth-order valence-electron chi connectivity index (χ4n) is 4.87. The number of rotatable bonds is 2. The SMILES string of the molecule is Cc1c(Cl)ncnc1N1CCC2(CC1)OC1CCC(c3ccccc3)N1C2=O. The van der Waals surface area contributed by atoms with E-state index >= 15 is 0 Å². The molecule has 0 bridgehead atoms. The third-order valence-corrected chi connectivity index (χ3v) is 6.75. The van der Waals surface area contributed by atoms with Crippen LogP contribution in [-0.4, -0.2) is 45.7 Å². The van der Waals surface area contributed by atoms with E-state index in [1.165, 1.54) is 11.9 Å². The molecule has 1 aromatic carbocycles. The number of halogens is 1. The smallest absolute Gasteiger partial charge is 0.257 e.